The third-order valence-electron chi connectivity index (χ3n) is 3.14. The van der Waals surface area contributed by atoms with E-state index in [1.807, 2.05) is 30.3 Å². The molecule has 0 aliphatic heterocycles. The zero-order chi connectivity index (χ0) is 14.1. The van der Waals surface area contributed by atoms with Crippen molar-refractivity contribution in [2.24, 2.45) is 5.92 Å². The highest BCUT2D eigenvalue weighted by atomic mass is 14.2. The molecule has 0 aliphatic rings. The van der Waals surface area contributed by atoms with Gasteiger partial charge in [-0.2, -0.15) is 5.26 Å². The van der Waals surface area contributed by atoms with Crippen molar-refractivity contribution in [3.63, 3.8) is 0 Å². The fourth-order valence-corrected chi connectivity index (χ4v) is 1.94. The molecular weight excluding hydrogens is 230 g/mol. The normalized spacial score (nSPS) is 12.6. The summed E-state index contributed by atoms with van der Waals surface area (Å²) in [5.74, 6) is 0.614. The van der Waals surface area contributed by atoms with Gasteiger partial charge in [0.1, 0.15) is 0 Å². The SMILES string of the molecule is CC(C)=CCC[C@H](C)C/C=C(\C#N)c1ccccc1. The molecule has 0 heterocycles. The molecule has 0 spiro atoms. The predicted molar refractivity (Wildman–Crippen MR) is 82.5 cm³/mol. The fourth-order valence-electron chi connectivity index (χ4n) is 1.94. The molecule has 0 bridgehead atoms. The standard InChI is InChI=1S/C18H23N/c1-15(2)8-7-9-16(3)12-13-18(14-19)17-10-5-4-6-11-17/h4-6,8,10-11,13,16H,7,9,12H2,1-3H3/b18-13+/t16-/m0/s1. The van der Waals surface area contributed by atoms with Crippen LogP contribution in [0.1, 0.15) is 45.6 Å². The monoisotopic (exact) mass is 253 g/mol. The Kier molecular flexibility index (Phi) is 6.68. The Morgan fingerprint density at radius 1 is 1.21 bits per heavy atom. The summed E-state index contributed by atoms with van der Waals surface area (Å²) in [6.07, 6.45) is 7.62. The van der Waals surface area contributed by atoms with E-state index in [1.165, 1.54) is 12.0 Å². The van der Waals surface area contributed by atoms with E-state index >= 15 is 0 Å². The fraction of sp³-hybridized carbons (Fsp3) is 0.389. The molecule has 1 rings (SSSR count). The van der Waals surface area contributed by atoms with Gasteiger partial charge in [-0.15, -0.1) is 0 Å². The van der Waals surface area contributed by atoms with Crippen molar-refractivity contribution >= 4 is 5.57 Å². The average molecular weight is 253 g/mol. The highest BCUT2D eigenvalue weighted by Crippen LogP contribution is 2.18. The summed E-state index contributed by atoms with van der Waals surface area (Å²) in [4.78, 5) is 0. The van der Waals surface area contributed by atoms with Crippen molar-refractivity contribution < 1.29 is 0 Å². The van der Waals surface area contributed by atoms with E-state index in [1.54, 1.807) is 0 Å². The summed E-state index contributed by atoms with van der Waals surface area (Å²) >= 11 is 0. The predicted octanol–water partition coefficient (Wildman–Crippen LogP) is 5.37. The van der Waals surface area contributed by atoms with Gasteiger partial charge in [0.2, 0.25) is 0 Å². The Labute approximate surface area is 117 Å². The van der Waals surface area contributed by atoms with Crippen molar-refractivity contribution in [2.75, 3.05) is 0 Å². The second kappa shape index (κ2) is 8.32. The maximum atomic E-state index is 9.21. The summed E-state index contributed by atoms with van der Waals surface area (Å²) in [5.41, 5.74) is 3.18. The molecule has 100 valence electrons. The zero-order valence-corrected chi connectivity index (χ0v) is 12.2. The lowest BCUT2D eigenvalue weighted by Crippen LogP contribution is -1.92. The molecular formula is C18H23N. The molecule has 0 aromatic heterocycles. The molecule has 1 heteroatoms. The molecule has 1 nitrogen and oxygen atoms in total. The lowest BCUT2D eigenvalue weighted by molar-refractivity contribution is 0.546. The third-order valence-corrected chi connectivity index (χ3v) is 3.14. The number of hydrogen-bond acceptors (Lipinski definition) is 1. The minimum absolute atomic E-state index is 0.614. The Morgan fingerprint density at radius 3 is 2.47 bits per heavy atom. The topological polar surface area (TPSA) is 23.8 Å². The Balaban J connectivity index is 2.54. The van der Waals surface area contributed by atoms with Gasteiger partial charge in [0, 0.05) is 0 Å². The van der Waals surface area contributed by atoms with Crippen molar-refractivity contribution in [1.82, 2.24) is 0 Å². The van der Waals surface area contributed by atoms with E-state index in [9.17, 15) is 5.26 Å². The first-order chi connectivity index (χ1) is 9.13. The molecule has 0 amide bonds. The van der Waals surface area contributed by atoms with Crippen LogP contribution in [-0.2, 0) is 0 Å². The molecule has 0 radical (unpaired) electrons. The van der Waals surface area contributed by atoms with Crippen LogP contribution in [0.25, 0.3) is 5.57 Å². The molecule has 0 N–H and O–H groups in total. The Morgan fingerprint density at radius 2 is 1.89 bits per heavy atom. The van der Waals surface area contributed by atoms with Gasteiger partial charge in [-0.3, -0.25) is 0 Å². The third kappa shape index (κ3) is 6.06. The number of allylic oxidation sites excluding steroid dienone is 4. The molecule has 0 aliphatic carbocycles. The second-order valence-electron chi connectivity index (χ2n) is 5.30. The van der Waals surface area contributed by atoms with Crippen LogP contribution < -0.4 is 0 Å². The summed E-state index contributed by atoms with van der Waals surface area (Å²) in [5, 5.41) is 9.21. The summed E-state index contributed by atoms with van der Waals surface area (Å²) < 4.78 is 0. The van der Waals surface area contributed by atoms with Crippen LogP contribution in [0.15, 0.2) is 48.1 Å². The van der Waals surface area contributed by atoms with Gasteiger partial charge in [0.15, 0.2) is 0 Å². The van der Waals surface area contributed by atoms with E-state index < -0.39 is 0 Å². The molecule has 0 fully saturated rings. The average Bonchev–Trinajstić information content (AvgIpc) is 2.40. The van der Waals surface area contributed by atoms with Gasteiger partial charge >= 0.3 is 0 Å². The lowest BCUT2D eigenvalue weighted by Gasteiger charge is -2.07. The summed E-state index contributed by atoms with van der Waals surface area (Å²) in [6, 6.07) is 12.2. The Bertz CT molecular complexity index is 470. The highest BCUT2D eigenvalue weighted by molar-refractivity contribution is 5.76. The van der Waals surface area contributed by atoms with Gasteiger partial charge in [-0.25, -0.2) is 0 Å². The molecule has 0 unspecified atom stereocenters. The minimum Gasteiger partial charge on any atom is -0.192 e. The summed E-state index contributed by atoms with van der Waals surface area (Å²) in [7, 11) is 0. The molecule has 19 heavy (non-hydrogen) atoms. The van der Waals surface area contributed by atoms with Crippen molar-refractivity contribution in [3.8, 4) is 6.07 Å². The summed E-state index contributed by atoms with van der Waals surface area (Å²) in [6.45, 7) is 6.51. The van der Waals surface area contributed by atoms with Crippen LogP contribution in [0.4, 0.5) is 0 Å². The highest BCUT2D eigenvalue weighted by Gasteiger charge is 2.02. The van der Waals surface area contributed by atoms with Crippen molar-refractivity contribution in [1.29, 1.82) is 5.26 Å². The molecule has 0 saturated carbocycles. The molecule has 0 saturated heterocycles. The van der Waals surface area contributed by atoms with Gasteiger partial charge in [-0.1, -0.05) is 55.0 Å². The van der Waals surface area contributed by atoms with Crippen LogP contribution in [0.3, 0.4) is 0 Å². The molecule has 1 atom stereocenters. The van der Waals surface area contributed by atoms with Crippen LogP contribution in [0.5, 0.6) is 0 Å². The lowest BCUT2D eigenvalue weighted by atomic mass is 9.98. The number of hydrogen-bond donors (Lipinski definition) is 0. The first-order valence-corrected chi connectivity index (χ1v) is 6.92. The first-order valence-electron chi connectivity index (χ1n) is 6.92. The zero-order valence-electron chi connectivity index (χ0n) is 12.2. The van der Waals surface area contributed by atoms with Gasteiger partial charge in [0.05, 0.1) is 11.6 Å². The second-order valence-corrected chi connectivity index (χ2v) is 5.30. The maximum absolute atomic E-state index is 9.21. The quantitative estimate of drug-likeness (QED) is 0.494. The van der Waals surface area contributed by atoms with Crippen LogP contribution in [0, 0.1) is 17.2 Å². The van der Waals surface area contributed by atoms with Crippen LogP contribution in [0.2, 0.25) is 0 Å². The van der Waals surface area contributed by atoms with E-state index in [0.717, 1.165) is 24.0 Å². The first kappa shape index (κ1) is 15.2. The van der Waals surface area contributed by atoms with E-state index in [2.05, 4.69) is 39.0 Å². The Hall–Kier alpha value is -1.81. The van der Waals surface area contributed by atoms with Crippen LogP contribution in [-0.4, -0.2) is 0 Å². The number of benzene rings is 1. The van der Waals surface area contributed by atoms with Gasteiger partial charge < -0.3 is 0 Å². The van der Waals surface area contributed by atoms with E-state index in [0.29, 0.717) is 5.92 Å². The number of nitrogens with zero attached hydrogens (tertiary/aromatic N) is 1. The smallest absolute Gasteiger partial charge is 0.0994 e. The van der Waals surface area contributed by atoms with E-state index in [-0.39, 0.29) is 0 Å². The van der Waals surface area contributed by atoms with Crippen molar-refractivity contribution in [2.45, 2.75) is 40.0 Å². The maximum Gasteiger partial charge on any atom is 0.0994 e. The van der Waals surface area contributed by atoms with Crippen LogP contribution >= 0.6 is 0 Å². The van der Waals surface area contributed by atoms with Gasteiger partial charge in [0.25, 0.3) is 0 Å². The molecule has 1 aromatic rings. The van der Waals surface area contributed by atoms with E-state index in [4.69, 9.17) is 0 Å². The van der Waals surface area contributed by atoms with Crippen molar-refractivity contribution in [3.05, 3.63) is 53.6 Å². The number of nitriles is 1. The number of rotatable bonds is 6. The van der Waals surface area contributed by atoms with Gasteiger partial charge in [-0.05, 0) is 44.6 Å². The molecule has 1 aromatic carbocycles. The minimum atomic E-state index is 0.614. The largest absolute Gasteiger partial charge is 0.192 e.